The summed E-state index contributed by atoms with van der Waals surface area (Å²) in [5.74, 6) is -0.0525. The molecule has 0 radical (unpaired) electrons. The number of likely N-dealkylation sites (tertiary alicyclic amines) is 1. The molecule has 2 amide bonds. The van der Waals surface area contributed by atoms with Crippen molar-refractivity contribution in [1.82, 2.24) is 10.2 Å². The first kappa shape index (κ1) is 16.0. The third-order valence-electron chi connectivity index (χ3n) is 3.72. The second kappa shape index (κ2) is 7.56. The Morgan fingerprint density at radius 1 is 1.57 bits per heavy atom. The Balaban J connectivity index is 1.90. The molecule has 2 heterocycles. The molecule has 0 spiro atoms. The Kier molecular flexibility index (Phi) is 5.76. The van der Waals surface area contributed by atoms with Crippen molar-refractivity contribution < 1.29 is 14.7 Å². The predicted molar refractivity (Wildman–Crippen MR) is 82.0 cm³/mol. The van der Waals surface area contributed by atoms with Crippen LogP contribution in [-0.2, 0) is 16.0 Å². The Labute approximate surface area is 129 Å². The van der Waals surface area contributed by atoms with Gasteiger partial charge in [-0.15, -0.1) is 11.3 Å². The maximum absolute atomic E-state index is 12.3. The summed E-state index contributed by atoms with van der Waals surface area (Å²) in [6.07, 6.45) is 1.95. The van der Waals surface area contributed by atoms with Crippen LogP contribution in [0.3, 0.4) is 0 Å². The number of aliphatic hydroxyl groups is 1. The number of nitrogens with one attached hydrogen (secondary N) is 1. The van der Waals surface area contributed by atoms with Crippen LogP contribution in [0.2, 0.25) is 0 Å². The van der Waals surface area contributed by atoms with Crippen LogP contribution < -0.4 is 5.32 Å². The molecule has 1 saturated heterocycles. The lowest BCUT2D eigenvalue weighted by molar-refractivity contribution is -0.138. The van der Waals surface area contributed by atoms with Crippen molar-refractivity contribution in [2.75, 3.05) is 19.7 Å². The zero-order valence-corrected chi connectivity index (χ0v) is 13.1. The first-order valence-corrected chi connectivity index (χ1v) is 8.20. The van der Waals surface area contributed by atoms with E-state index < -0.39 is 0 Å². The Morgan fingerprint density at radius 3 is 3.05 bits per heavy atom. The van der Waals surface area contributed by atoms with E-state index in [-0.39, 0.29) is 30.4 Å². The largest absolute Gasteiger partial charge is 0.396 e. The predicted octanol–water partition coefficient (Wildman–Crippen LogP) is 1.03. The highest BCUT2D eigenvalue weighted by atomic mass is 32.1. The van der Waals surface area contributed by atoms with Gasteiger partial charge in [-0.05, 0) is 30.2 Å². The summed E-state index contributed by atoms with van der Waals surface area (Å²) in [7, 11) is 0. The molecule has 1 aliphatic heterocycles. The molecule has 1 aromatic heterocycles. The molecule has 1 aromatic rings. The highest BCUT2D eigenvalue weighted by molar-refractivity contribution is 7.10. The third kappa shape index (κ3) is 4.28. The van der Waals surface area contributed by atoms with Crippen LogP contribution >= 0.6 is 11.3 Å². The van der Waals surface area contributed by atoms with Gasteiger partial charge in [0.1, 0.15) is 6.04 Å². The van der Waals surface area contributed by atoms with Gasteiger partial charge in [0.25, 0.3) is 0 Å². The van der Waals surface area contributed by atoms with Crippen LogP contribution in [0.4, 0.5) is 0 Å². The van der Waals surface area contributed by atoms with Gasteiger partial charge in [0.15, 0.2) is 0 Å². The molecular formula is C15H22N2O3S. The average molecular weight is 310 g/mol. The summed E-state index contributed by atoms with van der Waals surface area (Å²) >= 11 is 1.56. The fourth-order valence-corrected chi connectivity index (χ4v) is 3.15. The van der Waals surface area contributed by atoms with Gasteiger partial charge in [0, 0.05) is 24.6 Å². The second-order valence-electron chi connectivity index (χ2n) is 5.53. The molecule has 2 unspecified atom stereocenters. The fourth-order valence-electron chi connectivity index (χ4n) is 2.46. The van der Waals surface area contributed by atoms with Crippen LogP contribution in [0.25, 0.3) is 0 Å². The standard InChI is InChI=1S/C15H22N2O3S/c1-11(10-18)9-16-15(20)13-5-2-6-17(13)14(19)8-12-4-3-7-21-12/h3-4,7,11,13,18H,2,5-6,8-10H2,1H3,(H,16,20). The number of carbonyl (C=O) groups is 2. The van der Waals surface area contributed by atoms with E-state index in [1.807, 2.05) is 24.4 Å². The molecule has 6 heteroatoms. The van der Waals surface area contributed by atoms with Gasteiger partial charge in [-0.3, -0.25) is 9.59 Å². The van der Waals surface area contributed by atoms with Crippen molar-refractivity contribution in [2.24, 2.45) is 5.92 Å². The first-order valence-electron chi connectivity index (χ1n) is 7.32. The van der Waals surface area contributed by atoms with Crippen molar-refractivity contribution in [3.8, 4) is 0 Å². The van der Waals surface area contributed by atoms with E-state index in [0.717, 1.165) is 17.7 Å². The third-order valence-corrected chi connectivity index (χ3v) is 4.59. The van der Waals surface area contributed by atoms with Gasteiger partial charge in [-0.2, -0.15) is 0 Å². The molecule has 0 aromatic carbocycles. The minimum Gasteiger partial charge on any atom is -0.396 e. The molecule has 1 aliphatic rings. The highest BCUT2D eigenvalue weighted by Gasteiger charge is 2.33. The molecule has 2 rings (SSSR count). The van der Waals surface area contributed by atoms with Crippen molar-refractivity contribution in [3.63, 3.8) is 0 Å². The van der Waals surface area contributed by atoms with Crippen molar-refractivity contribution >= 4 is 23.2 Å². The first-order chi connectivity index (χ1) is 10.1. The number of nitrogens with zero attached hydrogens (tertiary/aromatic N) is 1. The minimum absolute atomic E-state index is 0.0188. The molecular weight excluding hydrogens is 288 g/mol. The number of rotatable bonds is 6. The summed E-state index contributed by atoms with van der Waals surface area (Å²) in [5.41, 5.74) is 0. The van der Waals surface area contributed by atoms with E-state index >= 15 is 0 Å². The summed E-state index contributed by atoms with van der Waals surface area (Å²) in [6, 6.07) is 3.51. The van der Waals surface area contributed by atoms with E-state index in [1.165, 1.54) is 0 Å². The number of thiophene rings is 1. The van der Waals surface area contributed by atoms with E-state index in [2.05, 4.69) is 5.32 Å². The van der Waals surface area contributed by atoms with Gasteiger partial charge in [0.05, 0.1) is 6.42 Å². The lowest BCUT2D eigenvalue weighted by atomic mass is 10.1. The van der Waals surface area contributed by atoms with Gasteiger partial charge in [-0.25, -0.2) is 0 Å². The van der Waals surface area contributed by atoms with Crippen molar-refractivity contribution in [3.05, 3.63) is 22.4 Å². The highest BCUT2D eigenvalue weighted by Crippen LogP contribution is 2.20. The summed E-state index contributed by atoms with van der Waals surface area (Å²) in [4.78, 5) is 27.3. The maximum atomic E-state index is 12.3. The maximum Gasteiger partial charge on any atom is 0.242 e. The quantitative estimate of drug-likeness (QED) is 0.824. The molecule has 0 aliphatic carbocycles. The fraction of sp³-hybridized carbons (Fsp3) is 0.600. The average Bonchev–Trinajstić information content (AvgIpc) is 3.14. The lowest BCUT2D eigenvalue weighted by Gasteiger charge is -2.24. The number of hydrogen-bond donors (Lipinski definition) is 2. The Bertz CT molecular complexity index is 475. The number of hydrogen-bond acceptors (Lipinski definition) is 4. The van der Waals surface area contributed by atoms with Gasteiger partial charge in [0.2, 0.25) is 11.8 Å². The molecule has 0 saturated carbocycles. The summed E-state index contributed by atoms with van der Waals surface area (Å²) < 4.78 is 0. The minimum atomic E-state index is -0.358. The normalized spacial score (nSPS) is 19.5. The zero-order valence-electron chi connectivity index (χ0n) is 12.2. The number of carbonyl (C=O) groups excluding carboxylic acids is 2. The van der Waals surface area contributed by atoms with Gasteiger partial charge < -0.3 is 15.3 Å². The van der Waals surface area contributed by atoms with Crippen LogP contribution in [-0.4, -0.2) is 47.6 Å². The Hall–Kier alpha value is -1.40. The van der Waals surface area contributed by atoms with Crippen molar-refractivity contribution in [1.29, 1.82) is 0 Å². The lowest BCUT2D eigenvalue weighted by Crippen LogP contribution is -2.47. The molecule has 1 fully saturated rings. The zero-order chi connectivity index (χ0) is 15.2. The topological polar surface area (TPSA) is 69.6 Å². The van der Waals surface area contributed by atoms with Crippen LogP contribution in [0.5, 0.6) is 0 Å². The summed E-state index contributed by atoms with van der Waals surface area (Å²) in [5, 5.41) is 13.8. The molecule has 0 bridgehead atoms. The molecule has 2 N–H and O–H groups in total. The Morgan fingerprint density at radius 2 is 2.38 bits per heavy atom. The molecule has 116 valence electrons. The SMILES string of the molecule is CC(CO)CNC(=O)C1CCCN1C(=O)Cc1cccs1. The summed E-state index contributed by atoms with van der Waals surface area (Å²) in [6.45, 7) is 3.01. The molecule has 21 heavy (non-hydrogen) atoms. The molecule has 2 atom stereocenters. The number of amides is 2. The van der Waals surface area contributed by atoms with Crippen LogP contribution in [0.15, 0.2) is 17.5 Å². The van der Waals surface area contributed by atoms with E-state index in [0.29, 0.717) is 19.5 Å². The van der Waals surface area contributed by atoms with Crippen molar-refractivity contribution in [2.45, 2.75) is 32.2 Å². The smallest absolute Gasteiger partial charge is 0.242 e. The van der Waals surface area contributed by atoms with E-state index in [9.17, 15) is 9.59 Å². The van der Waals surface area contributed by atoms with E-state index in [4.69, 9.17) is 5.11 Å². The van der Waals surface area contributed by atoms with Gasteiger partial charge in [-0.1, -0.05) is 13.0 Å². The number of aliphatic hydroxyl groups excluding tert-OH is 1. The monoisotopic (exact) mass is 310 g/mol. The molecule has 5 nitrogen and oxygen atoms in total. The second-order valence-corrected chi connectivity index (χ2v) is 6.57. The van der Waals surface area contributed by atoms with E-state index in [1.54, 1.807) is 16.2 Å². The van der Waals surface area contributed by atoms with Crippen LogP contribution in [0, 0.1) is 5.92 Å². The van der Waals surface area contributed by atoms with Crippen LogP contribution in [0.1, 0.15) is 24.6 Å². The van der Waals surface area contributed by atoms with Gasteiger partial charge >= 0.3 is 0 Å².